The van der Waals surface area contributed by atoms with Crippen LogP contribution in [0.5, 0.6) is 0 Å². The van der Waals surface area contributed by atoms with Crippen LogP contribution in [0, 0.1) is 0 Å². The Bertz CT molecular complexity index is 644. The van der Waals surface area contributed by atoms with E-state index in [1.807, 2.05) is 6.92 Å². The van der Waals surface area contributed by atoms with E-state index in [9.17, 15) is 4.79 Å². The second-order valence-electron chi connectivity index (χ2n) is 4.14. The molecule has 0 bridgehead atoms. The SMILES string of the molecule is CCn1cc(N)cc1C(=O)Nc1c(Cl)cc(Cl)cc1Cl. The topological polar surface area (TPSA) is 60.0 Å². The van der Waals surface area contributed by atoms with Crippen LogP contribution in [0.1, 0.15) is 17.4 Å². The van der Waals surface area contributed by atoms with Gasteiger partial charge in [0.15, 0.2) is 0 Å². The standard InChI is InChI=1S/C13H12Cl3N3O/c1-2-19-6-8(17)5-11(19)13(20)18-12-9(15)3-7(14)4-10(12)16/h3-6H,2,17H2,1H3,(H,18,20). The molecule has 1 heterocycles. The summed E-state index contributed by atoms with van der Waals surface area (Å²) in [4.78, 5) is 12.3. The lowest BCUT2D eigenvalue weighted by molar-refractivity contribution is 0.101. The van der Waals surface area contributed by atoms with Gasteiger partial charge in [0.05, 0.1) is 21.4 Å². The van der Waals surface area contributed by atoms with Crippen molar-refractivity contribution in [3.63, 3.8) is 0 Å². The minimum atomic E-state index is -0.338. The monoisotopic (exact) mass is 331 g/mol. The minimum Gasteiger partial charge on any atom is -0.397 e. The Kier molecular flexibility index (Phi) is 4.48. The fourth-order valence-electron chi connectivity index (χ4n) is 1.82. The van der Waals surface area contributed by atoms with Gasteiger partial charge in [0.2, 0.25) is 0 Å². The predicted molar refractivity (Wildman–Crippen MR) is 83.9 cm³/mol. The number of benzene rings is 1. The van der Waals surface area contributed by atoms with Crippen LogP contribution in [-0.2, 0) is 6.54 Å². The first-order valence-electron chi connectivity index (χ1n) is 5.84. The highest BCUT2D eigenvalue weighted by Gasteiger charge is 2.16. The average molecular weight is 333 g/mol. The highest BCUT2D eigenvalue weighted by atomic mass is 35.5. The highest BCUT2D eigenvalue weighted by Crippen LogP contribution is 2.34. The van der Waals surface area contributed by atoms with Crippen LogP contribution in [0.3, 0.4) is 0 Å². The maximum absolute atomic E-state index is 12.3. The van der Waals surface area contributed by atoms with Crippen LogP contribution in [-0.4, -0.2) is 10.5 Å². The molecule has 0 aliphatic carbocycles. The summed E-state index contributed by atoms with van der Waals surface area (Å²) in [6.07, 6.45) is 1.69. The van der Waals surface area contributed by atoms with E-state index in [2.05, 4.69) is 5.32 Å². The van der Waals surface area contributed by atoms with Gasteiger partial charge in [-0.1, -0.05) is 34.8 Å². The van der Waals surface area contributed by atoms with Gasteiger partial charge >= 0.3 is 0 Å². The number of nitrogens with zero attached hydrogens (tertiary/aromatic N) is 1. The summed E-state index contributed by atoms with van der Waals surface area (Å²) in [6.45, 7) is 2.54. The van der Waals surface area contributed by atoms with E-state index in [-0.39, 0.29) is 16.0 Å². The van der Waals surface area contributed by atoms with E-state index < -0.39 is 0 Å². The number of anilines is 2. The predicted octanol–water partition coefficient (Wildman–Crippen LogP) is 4.30. The summed E-state index contributed by atoms with van der Waals surface area (Å²) in [5, 5.41) is 3.63. The van der Waals surface area contributed by atoms with Crippen LogP contribution < -0.4 is 11.1 Å². The van der Waals surface area contributed by atoms with E-state index in [0.717, 1.165) is 0 Å². The van der Waals surface area contributed by atoms with Gasteiger partial charge in [-0.05, 0) is 25.1 Å². The number of nitrogen functional groups attached to an aromatic ring is 1. The first kappa shape index (κ1) is 15.0. The number of carbonyl (C=O) groups excluding carboxylic acids is 1. The van der Waals surface area contributed by atoms with Crippen molar-refractivity contribution in [1.29, 1.82) is 0 Å². The Morgan fingerprint density at radius 1 is 1.25 bits per heavy atom. The zero-order valence-corrected chi connectivity index (χ0v) is 12.9. The fraction of sp³-hybridized carbons (Fsp3) is 0.154. The van der Waals surface area contributed by atoms with Crippen molar-refractivity contribution in [2.75, 3.05) is 11.1 Å². The number of amides is 1. The summed E-state index contributed by atoms with van der Waals surface area (Å²) in [7, 11) is 0. The maximum Gasteiger partial charge on any atom is 0.272 e. The molecule has 2 aromatic rings. The summed E-state index contributed by atoms with van der Waals surface area (Å²) in [6, 6.07) is 4.62. The summed E-state index contributed by atoms with van der Waals surface area (Å²) < 4.78 is 1.74. The van der Waals surface area contributed by atoms with Crippen LogP contribution in [0.2, 0.25) is 15.1 Å². The van der Waals surface area contributed by atoms with Crippen LogP contribution >= 0.6 is 34.8 Å². The minimum absolute atomic E-state index is 0.276. The lowest BCUT2D eigenvalue weighted by Crippen LogP contribution is -2.16. The Balaban J connectivity index is 2.32. The molecule has 4 nitrogen and oxygen atoms in total. The van der Waals surface area contributed by atoms with Crippen molar-refractivity contribution >= 4 is 52.1 Å². The molecule has 1 aromatic carbocycles. The molecule has 7 heteroatoms. The number of hydrogen-bond acceptors (Lipinski definition) is 2. The molecule has 3 N–H and O–H groups in total. The van der Waals surface area contributed by atoms with Crippen molar-refractivity contribution in [2.45, 2.75) is 13.5 Å². The van der Waals surface area contributed by atoms with E-state index in [0.29, 0.717) is 28.6 Å². The number of rotatable bonds is 3. The van der Waals surface area contributed by atoms with Crippen molar-refractivity contribution in [3.05, 3.63) is 45.2 Å². The van der Waals surface area contributed by atoms with Gasteiger partial charge in [0.1, 0.15) is 5.69 Å². The van der Waals surface area contributed by atoms with Gasteiger partial charge in [-0.2, -0.15) is 0 Å². The molecular weight excluding hydrogens is 321 g/mol. The van der Waals surface area contributed by atoms with E-state index >= 15 is 0 Å². The zero-order chi connectivity index (χ0) is 14.9. The molecule has 0 fully saturated rings. The Morgan fingerprint density at radius 3 is 2.40 bits per heavy atom. The Morgan fingerprint density at radius 2 is 1.85 bits per heavy atom. The molecule has 106 valence electrons. The average Bonchev–Trinajstić information content (AvgIpc) is 2.75. The third-order valence-corrected chi connectivity index (χ3v) is 3.55. The van der Waals surface area contributed by atoms with Gasteiger partial charge in [-0.25, -0.2) is 0 Å². The Labute approximate surface area is 131 Å². The molecule has 0 spiro atoms. The van der Waals surface area contributed by atoms with Crippen LogP contribution in [0.4, 0.5) is 11.4 Å². The van der Waals surface area contributed by atoms with Gasteiger partial charge < -0.3 is 15.6 Å². The summed E-state index contributed by atoms with van der Waals surface area (Å²) in [5.74, 6) is -0.338. The molecule has 0 radical (unpaired) electrons. The van der Waals surface area contributed by atoms with Gasteiger partial charge in [-0.15, -0.1) is 0 Å². The first-order valence-corrected chi connectivity index (χ1v) is 6.97. The number of aryl methyl sites for hydroxylation is 1. The normalized spacial score (nSPS) is 10.6. The fourth-order valence-corrected chi connectivity index (χ4v) is 2.74. The number of halogens is 3. The van der Waals surface area contributed by atoms with E-state index in [4.69, 9.17) is 40.5 Å². The lowest BCUT2D eigenvalue weighted by Gasteiger charge is -2.11. The van der Waals surface area contributed by atoms with Crippen molar-refractivity contribution < 1.29 is 4.79 Å². The maximum atomic E-state index is 12.3. The molecule has 0 unspecified atom stereocenters. The third-order valence-electron chi connectivity index (χ3n) is 2.74. The number of aromatic nitrogens is 1. The molecular formula is C13H12Cl3N3O. The molecule has 2 rings (SSSR count). The molecule has 0 aliphatic rings. The van der Waals surface area contributed by atoms with Crippen LogP contribution in [0.15, 0.2) is 24.4 Å². The number of nitrogens with one attached hydrogen (secondary N) is 1. The highest BCUT2D eigenvalue weighted by molar-refractivity contribution is 6.42. The summed E-state index contributed by atoms with van der Waals surface area (Å²) >= 11 is 17.9. The van der Waals surface area contributed by atoms with Crippen molar-refractivity contribution in [3.8, 4) is 0 Å². The molecule has 1 aromatic heterocycles. The number of carbonyl (C=O) groups is 1. The molecule has 0 saturated carbocycles. The van der Waals surface area contributed by atoms with Crippen molar-refractivity contribution in [2.24, 2.45) is 0 Å². The van der Waals surface area contributed by atoms with Gasteiger partial charge in [0, 0.05) is 17.8 Å². The largest absolute Gasteiger partial charge is 0.397 e. The number of hydrogen-bond donors (Lipinski definition) is 2. The summed E-state index contributed by atoms with van der Waals surface area (Å²) in [5.41, 5.74) is 6.98. The quantitative estimate of drug-likeness (QED) is 0.880. The molecule has 0 aliphatic heterocycles. The lowest BCUT2D eigenvalue weighted by atomic mass is 10.3. The third kappa shape index (κ3) is 3.03. The van der Waals surface area contributed by atoms with E-state index in [1.54, 1.807) is 16.8 Å². The molecule has 0 atom stereocenters. The van der Waals surface area contributed by atoms with Gasteiger partial charge in [-0.3, -0.25) is 4.79 Å². The Hall–Kier alpha value is -1.36. The van der Waals surface area contributed by atoms with E-state index in [1.165, 1.54) is 12.1 Å². The zero-order valence-electron chi connectivity index (χ0n) is 10.6. The smallest absolute Gasteiger partial charge is 0.272 e. The second-order valence-corrected chi connectivity index (χ2v) is 5.39. The second kappa shape index (κ2) is 5.95. The molecule has 20 heavy (non-hydrogen) atoms. The van der Waals surface area contributed by atoms with Gasteiger partial charge in [0.25, 0.3) is 5.91 Å². The first-order chi connectivity index (χ1) is 9.42. The molecule has 1 amide bonds. The van der Waals surface area contributed by atoms with Crippen molar-refractivity contribution in [1.82, 2.24) is 4.57 Å². The van der Waals surface area contributed by atoms with Crippen LogP contribution in [0.25, 0.3) is 0 Å². The molecule has 0 saturated heterocycles. The number of nitrogens with two attached hydrogens (primary N) is 1.